The number of rotatable bonds is 8. The monoisotopic (exact) mass is 315 g/mol. The van der Waals surface area contributed by atoms with Crippen molar-refractivity contribution in [3.05, 3.63) is 34.1 Å². The molecule has 0 bridgehead atoms. The van der Waals surface area contributed by atoms with E-state index in [-0.39, 0.29) is 5.82 Å². The average molecular weight is 316 g/mol. The quantitative estimate of drug-likeness (QED) is 0.734. The van der Waals surface area contributed by atoms with E-state index in [0.717, 1.165) is 48.7 Å². The Morgan fingerprint density at radius 3 is 2.72 bits per heavy atom. The van der Waals surface area contributed by atoms with Gasteiger partial charge in [0.2, 0.25) is 0 Å². The Bertz CT molecular complexity index is 354. The second-order valence-electron chi connectivity index (χ2n) is 4.69. The first-order valence-electron chi connectivity index (χ1n) is 6.84. The molecule has 0 saturated heterocycles. The Labute approximate surface area is 118 Å². The minimum absolute atomic E-state index is 0.0982. The van der Waals surface area contributed by atoms with E-state index in [9.17, 15) is 4.39 Å². The van der Waals surface area contributed by atoms with Gasteiger partial charge >= 0.3 is 0 Å². The molecule has 1 nitrogen and oxygen atoms in total. The van der Waals surface area contributed by atoms with Gasteiger partial charge in [-0.2, -0.15) is 0 Å². The lowest BCUT2D eigenvalue weighted by atomic mass is 10.0. The van der Waals surface area contributed by atoms with Crippen molar-refractivity contribution in [1.82, 2.24) is 5.32 Å². The third-order valence-electron chi connectivity index (χ3n) is 3.19. The van der Waals surface area contributed by atoms with Crippen molar-refractivity contribution in [2.24, 2.45) is 0 Å². The molecule has 0 radical (unpaired) electrons. The molecule has 0 aliphatic rings. The van der Waals surface area contributed by atoms with Gasteiger partial charge in [-0.05, 0) is 56.3 Å². The molecule has 1 aromatic rings. The normalized spacial score (nSPS) is 12.7. The molecule has 1 unspecified atom stereocenters. The molecule has 0 fully saturated rings. The molecule has 0 aliphatic carbocycles. The summed E-state index contributed by atoms with van der Waals surface area (Å²) in [6, 6.07) is 5.90. The van der Waals surface area contributed by atoms with Gasteiger partial charge < -0.3 is 5.32 Å². The number of hydrogen-bond acceptors (Lipinski definition) is 1. The minimum atomic E-state index is -0.0982. The van der Waals surface area contributed by atoms with Crippen LogP contribution in [0.15, 0.2) is 22.7 Å². The van der Waals surface area contributed by atoms with Crippen LogP contribution in [0, 0.1) is 5.82 Å². The summed E-state index contributed by atoms with van der Waals surface area (Å²) in [5.41, 5.74) is 0.823. The zero-order chi connectivity index (χ0) is 13.4. The maximum absolute atomic E-state index is 13.6. The summed E-state index contributed by atoms with van der Waals surface area (Å²) in [5, 5.41) is 3.53. The van der Waals surface area contributed by atoms with Gasteiger partial charge in [-0.3, -0.25) is 0 Å². The Morgan fingerprint density at radius 1 is 1.33 bits per heavy atom. The number of benzene rings is 1. The molecule has 1 rings (SSSR count). The first-order valence-corrected chi connectivity index (χ1v) is 7.64. The molecule has 0 aromatic heterocycles. The summed E-state index contributed by atoms with van der Waals surface area (Å²) in [5.74, 6) is -0.0982. The van der Waals surface area contributed by atoms with E-state index in [1.54, 1.807) is 6.07 Å². The summed E-state index contributed by atoms with van der Waals surface area (Å²) in [6.07, 6.45) is 5.28. The van der Waals surface area contributed by atoms with Gasteiger partial charge in [-0.1, -0.05) is 35.8 Å². The van der Waals surface area contributed by atoms with Crippen LogP contribution >= 0.6 is 15.9 Å². The van der Waals surface area contributed by atoms with E-state index in [1.807, 2.05) is 12.1 Å². The van der Waals surface area contributed by atoms with Gasteiger partial charge in [-0.15, -0.1) is 0 Å². The van der Waals surface area contributed by atoms with Crippen LogP contribution in [0.4, 0.5) is 4.39 Å². The molecule has 3 heteroatoms. The molecular formula is C15H23BrFN. The molecule has 0 amide bonds. The van der Waals surface area contributed by atoms with Gasteiger partial charge in [-0.25, -0.2) is 4.39 Å². The van der Waals surface area contributed by atoms with E-state index in [2.05, 4.69) is 35.1 Å². The average Bonchev–Trinajstić information content (AvgIpc) is 2.36. The van der Waals surface area contributed by atoms with Crippen LogP contribution in [-0.4, -0.2) is 12.6 Å². The molecule has 1 aromatic carbocycles. The molecule has 1 N–H and O–H groups in total. The van der Waals surface area contributed by atoms with E-state index in [0.29, 0.717) is 6.04 Å². The topological polar surface area (TPSA) is 12.0 Å². The highest BCUT2D eigenvalue weighted by atomic mass is 79.9. The lowest BCUT2D eigenvalue weighted by Gasteiger charge is -2.16. The molecule has 0 aliphatic heterocycles. The second-order valence-corrected chi connectivity index (χ2v) is 5.60. The van der Waals surface area contributed by atoms with E-state index in [4.69, 9.17) is 0 Å². The van der Waals surface area contributed by atoms with Crippen LogP contribution < -0.4 is 5.32 Å². The fourth-order valence-corrected chi connectivity index (χ4v) is 2.40. The van der Waals surface area contributed by atoms with Crippen LogP contribution in [0.3, 0.4) is 0 Å². The smallest absolute Gasteiger partial charge is 0.127 e. The first kappa shape index (κ1) is 15.6. The first-order chi connectivity index (χ1) is 8.67. The van der Waals surface area contributed by atoms with Gasteiger partial charge in [0.05, 0.1) is 0 Å². The largest absolute Gasteiger partial charge is 0.314 e. The summed E-state index contributed by atoms with van der Waals surface area (Å²) in [7, 11) is 0. The van der Waals surface area contributed by atoms with Crippen molar-refractivity contribution in [2.45, 2.75) is 52.0 Å². The van der Waals surface area contributed by atoms with Crippen LogP contribution in [0.2, 0.25) is 0 Å². The van der Waals surface area contributed by atoms with Crippen molar-refractivity contribution in [2.75, 3.05) is 6.54 Å². The number of aryl methyl sites for hydroxylation is 1. The fraction of sp³-hybridized carbons (Fsp3) is 0.600. The van der Waals surface area contributed by atoms with Crippen molar-refractivity contribution in [3.8, 4) is 0 Å². The third-order valence-corrected chi connectivity index (χ3v) is 3.68. The maximum Gasteiger partial charge on any atom is 0.127 e. The number of halogens is 2. The lowest BCUT2D eigenvalue weighted by molar-refractivity contribution is 0.453. The zero-order valence-electron chi connectivity index (χ0n) is 11.3. The Hall–Kier alpha value is -0.410. The maximum atomic E-state index is 13.6. The highest BCUT2D eigenvalue weighted by Gasteiger charge is 2.07. The van der Waals surface area contributed by atoms with Gasteiger partial charge in [0.25, 0.3) is 0 Å². The number of hydrogen-bond donors (Lipinski definition) is 1. The van der Waals surface area contributed by atoms with Crippen molar-refractivity contribution >= 4 is 15.9 Å². The predicted octanol–water partition coefficient (Wildman–Crippen LogP) is 4.69. The lowest BCUT2D eigenvalue weighted by Crippen LogP contribution is -2.29. The molecule has 0 spiro atoms. The minimum Gasteiger partial charge on any atom is -0.314 e. The molecule has 0 heterocycles. The summed E-state index contributed by atoms with van der Waals surface area (Å²) >= 11 is 3.28. The summed E-state index contributed by atoms with van der Waals surface area (Å²) < 4.78 is 14.4. The highest BCUT2D eigenvalue weighted by Crippen LogP contribution is 2.17. The Kier molecular flexibility index (Phi) is 7.52. The van der Waals surface area contributed by atoms with E-state index >= 15 is 0 Å². The van der Waals surface area contributed by atoms with Gasteiger partial charge in [0.15, 0.2) is 0 Å². The third kappa shape index (κ3) is 5.49. The van der Waals surface area contributed by atoms with Gasteiger partial charge in [0.1, 0.15) is 5.82 Å². The fourth-order valence-electron chi connectivity index (χ4n) is 2.06. The van der Waals surface area contributed by atoms with E-state index in [1.165, 1.54) is 0 Å². The Balaban J connectivity index is 2.35. The van der Waals surface area contributed by atoms with Crippen LogP contribution in [0.5, 0.6) is 0 Å². The molecule has 102 valence electrons. The number of nitrogens with one attached hydrogen (secondary N) is 1. The Morgan fingerprint density at radius 2 is 2.11 bits per heavy atom. The summed E-state index contributed by atoms with van der Waals surface area (Å²) in [4.78, 5) is 0. The van der Waals surface area contributed by atoms with E-state index < -0.39 is 0 Å². The molecule has 18 heavy (non-hydrogen) atoms. The van der Waals surface area contributed by atoms with Crippen molar-refractivity contribution < 1.29 is 4.39 Å². The van der Waals surface area contributed by atoms with Crippen LogP contribution in [0.1, 0.15) is 45.1 Å². The van der Waals surface area contributed by atoms with Crippen LogP contribution in [-0.2, 0) is 6.42 Å². The summed E-state index contributed by atoms with van der Waals surface area (Å²) in [6.45, 7) is 5.45. The SMILES string of the molecule is CCCNC(CC)CCCc1ccc(Br)cc1F. The molecule has 0 saturated carbocycles. The van der Waals surface area contributed by atoms with Crippen molar-refractivity contribution in [3.63, 3.8) is 0 Å². The highest BCUT2D eigenvalue weighted by molar-refractivity contribution is 9.10. The molecular weight excluding hydrogens is 293 g/mol. The van der Waals surface area contributed by atoms with Crippen molar-refractivity contribution in [1.29, 1.82) is 0 Å². The molecule has 1 atom stereocenters. The predicted molar refractivity (Wildman–Crippen MR) is 79.4 cm³/mol. The van der Waals surface area contributed by atoms with Gasteiger partial charge in [0, 0.05) is 10.5 Å². The zero-order valence-corrected chi connectivity index (χ0v) is 12.9. The van der Waals surface area contributed by atoms with Crippen LogP contribution in [0.25, 0.3) is 0 Å². The second kappa shape index (κ2) is 8.65. The standard InChI is InChI=1S/C15H23BrFN/c1-3-10-18-14(4-2)7-5-6-12-8-9-13(16)11-15(12)17/h8-9,11,14,18H,3-7,10H2,1-2H3.